The molecule has 1 saturated heterocycles. The number of hydrogen-bond acceptors (Lipinski definition) is 9. The van der Waals surface area contributed by atoms with Gasteiger partial charge in [-0.1, -0.05) is 11.7 Å². The van der Waals surface area contributed by atoms with Crippen molar-refractivity contribution in [3.63, 3.8) is 0 Å². The van der Waals surface area contributed by atoms with Gasteiger partial charge in [-0.2, -0.15) is 10.2 Å². The zero-order chi connectivity index (χ0) is 25.2. The topological polar surface area (TPSA) is 122 Å². The van der Waals surface area contributed by atoms with Crippen LogP contribution in [0.25, 0.3) is 10.5 Å². The van der Waals surface area contributed by atoms with E-state index in [-0.39, 0.29) is 41.3 Å². The minimum absolute atomic E-state index is 0.0283. The van der Waals surface area contributed by atoms with Crippen LogP contribution >= 0.6 is 0 Å². The number of β-amino-alcohol motifs (C(OH)–C–C–N with tert-alkyl or cyclic N) is 1. The molecule has 0 spiro atoms. The van der Waals surface area contributed by atoms with Crippen LogP contribution in [0.3, 0.4) is 0 Å². The number of piperazine rings is 1. The van der Waals surface area contributed by atoms with E-state index in [2.05, 4.69) is 36.6 Å². The van der Waals surface area contributed by atoms with Crippen LogP contribution in [0.15, 0.2) is 18.3 Å². The molecule has 5 rings (SSSR count). The SMILES string of the molecule is [C-]#[N+]c1cnc2c(NC3CC3)nc(Nc3cc(C#N)cc(N4CCN(CC(O)CF)CC4)c3F)nn12. The van der Waals surface area contributed by atoms with Crippen molar-refractivity contribution >= 4 is 34.6 Å². The summed E-state index contributed by atoms with van der Waals surface area (Å²) in [5, 5.41) is 29.6. The van der Waals surface area contributed by atoms with Crippen LogP contribution in [0.2, 0.25) is 0 Å². The Morgan fingerprint density at radius 3 is 2.72 bits per heavy atom. The van der Waals surface area contributed by atoms with Gasteiger partial charge in [0.1, 0.15) is 6.67 Å². The number of benzene rings is 1. The molecule has 3 heterocycles. The molecule has 2 aliphatic rings. The van der Waals surface area contributed by atoms with Gasteiger partial charge in [0.05, 0.1) is 35.3 Å². The smallest absolute Gasteiger partial charge is 0.275 e. The fraction of sp³-hybridized carbons (Fsp3) is 0.435. The maximum atomic E-state index is 15.7. The lowest BCUT2D eigenvalue weighted by atomic mass is 10.1. The van der Waals surface area contributed by atoms with E-state index < -0.39 is 18.6 Å². The number of aromatic nitrogens is 4. The van der Waals surface area contributed by atoms with E-state index in [1.165, 1.54) is 22.8 Å². The van der Waals surface area contributed by atoms with Gasteiger partial charge in [-0.3, -0.25) is 4.90 Å². The molecule has 1 unspecified atom stereocenters. The number of alkyl halides is 1. The number of halogens is 2. The summed E-state index contributed by atoms with van der Waals surface area (Å²) in [7, 11) is 0. The largest absolute Gasteiger partial charge is 0.389 e. The highest BCUT2D eigenvalue weighted by Gasteiger charge is 2.27. The van der Waals surface area contributed by atoms with E-state index in [0.29, 0.717) is 37.6 Å². The van der Waals surface area contributed by atoms with Crippen molar-refractivity contribution in [3.8, 4) is 6.07 Å². The van der Waals surface area contributed by atoms with E-state index >= 15 is 4.39 Å². The van der Waals surface area contributed by atoms with Gasteiger partial charge >= 0.3 is 0 Å². The normalized spacial score (nSPS) is 17.0. The Balaban J connectivity index is 1.43. The second kappa shape index (κ2) is 9.89. The lowest BCUT2D eigenvalue weighted by Gasteiger charge is -2.37. The van der Waals surface area contributed by atoms with Gasteiger partial charge in [-0.25, -0.2) is 13.8 Å². The molecule has 0 amide bonds. The molecule has 2 fully saturated rings. The second-order valence-corrected chi connectivity index (χ2v) is 8.86. The molecule has 3 N–H and O–H groups in total. The minimum Gasteiger partial charge on any atom is -0.389 e. The highest BCUT2D eigenvalue weighted by molar-refractivity contribution is 5.71. The number of nitrogens with one attached hydrogen (secondary N) is 2. The maximum absolute atomic E-state index is 15.7. The Morgan fingerprint density at radius 2 is 2.06 bits per heavy atom. The number of hydrogen-bond donors (Lipinski definition) is 3. The monoisotopic (exact) mass is 494 g/mol. The minimum atomic E-state index is -1.04. The summed E-state index contributed by atoms with van der Waals surface area (Å²) >= 11 is 0. The molecule has 0 radical (unpaired) electrons. The summed E-state index contributed by atoms with van der Waals surface area (Å²) in [4.78, 5) is 15.9. The molecule has 1 atom stereocenters. The molecule has 1 aliphatic heterocycles. The summed E-state index contributed by atoms with van der Waals surface area (Å²) in [6, 6.07) is 5.21. The number of rotatable bonds is 8. The van der Waals surface area contributed by atoms with Gasteiger partial charge in [0, 0.05) is 38.8 Å². The lowest BCUT2D eigenvalue weighted by Crippen LogP contribution is -2.49. The van der Waals surface area contributed by atoms with Crippen LogP contribution in [0.4, 0.5) is 37.7 Å². The van der Waals surface area contributed by atoms with Crippen LogP contribution in [-0.4, -0.2) is 81.1 Å². The van der Waals surface area contributed by atoms with E-state index in [1.54, 1.807) is 0 Å². The first kappa shape index (κ1) is 23.7. The van der Waals surface area contributed by atoms with Gasteiger partial charge < -0.3 is 25.5 Å². The number of nitrogens with zero attached hydrogens (tertiary/aromatic N) is 8. The third kappa shape index (κ3) is 4.84. The lowest BCUT2D eigenvalue weighted by molar-refractivity contribution is 0.0870. The Morgan fingerprint density at radius 1 is 1.28 bits per heavy atom. The molecule has 0 bridgehead atoms. The molecule has 13 heteroatoms. The Labute approximate surface area is 205 Å². The van der Waals surface area contributed by atoms with Crippen LogP contribution < -0.4 is 15.5 Å². The molecule has 186 valence electrons. The van der Waals surface area contributed by atoms with Crippen LogP contribution in [0.1, 0.15) is 18.4 Å². The van der Waals surface area contributed by atoms with Gasteiger partial charge in [-0.15, -0.1) is 4.52 Å². The molecular weight excluding hydrogens is 470 g/mol. The van der Waals surface area contributed by atoms with E-state index in [0.717, 1.165) is 12.8 Å². The van der Waals surface area contributed by atoms with Crippen LogP contribution in [0.5, 0.6) is 0 Å². The fourth-order valence-corrected chi connectivity index (χ4v) is 4.15. The first-order chi connectivity index (χ1) is 17.5. The Kier molecular flexibility index (Phi) is 6.50. The number of imidazole rings is 1. The standard InChI is InChI=1S/C23H24F2N10O/c1-27-19-12-28-22-21(29-15-2-3-15)31-23(32-35(19)22)30-17-8-14(11-26)9-18(20(17)25)34-6-4-33(5-7-34)13-16(36)10-24/h8-9,12,15-16,36H,2-7,10,13H2,(H2,29,30,31,32). The zero-order valence-electron chi connectivity index (χ0n) is 19.3. The number of aliphatic hydroxyl groups is 1. The molecule has 11 nitrogen and oxygen atoms in total. The molecule has 36 heavy (non-hydrogen) atoms. The molecule has 3 aromatic rings. The van der Waals surface area contributed by atoms with Crippen molar-refractivity contribution in [2.24, 2.45) is 0 Å². The number of aliphatic hydroxyl groups excluding tert-OH is 1. The maximum Gasteiger partial charge on any atom is 0.275 e. The van der Waals surface area contributed by atoms with Gasteiger partial charge in [-0.05, 0) is 25.0 Å². The third-order valence-corrected chi connectivity index (χ3v) is 6.17. The first-order valence-electron chi connectivity index (χ1n) is 11.6. The summed E-state index contributed by atoms with van der Waals surface area (Å²) < 4.78 is 29.7. The van der Waals surface area contributed by atoms with Crippen molar-refractivity contribution in [2.45, 2.75) is 25.0 Å². The summed E-state index contributed by atoms with van der Waals surface area (Å²) in [6.07, 6.45) is 2.36. The molecule has 1 aromatic carbocycles. The highest BCUT2D eigenvalue weighted by atomic mass is 19.1. The van der Waals surface area contributed by atoms with Crippen molar-refractivity contribution in [2.75, 3.05) is 54.9 Å². The predicted molar refractivity (Wildman–Crippen MR) is 129 cm³/mol. The summed E-state index contributed by atoms with van der Waals surface area (Å²) in [5.41, 5.74) is 0.942. The molecule has 1 aliphatic carbocycles. The quantitative estimate of drug-likeness (QED) is 0.405. The molecular formula is C23H24F2N10O. The average Bonchev–Trinajstić information content (AvgIpc) is 3.61. The van der Waals surface area contributed by atoms with E-state index in [1.807, 2.05) is 9.80 Å². The van der Waals surface area contributed by atoms with Crippen molar-refractivity contribution in [1.29, 1.82) is 5.26 Å². The molecule has 1 saturated carbocycles. The fourth-order valence-electron chi connectivity index (χ4n) is 4.15. The second-order valence-electron chi connectivity index (χ2n) is 8.86. The number of anilines is 4. The Hall–Kier alpha value is -4.07. The van der Waals surface area contributed by atoms with Crippen molar-refractivity contribution in [3.05, 3.63) is 41.1 Å². The van der Waals surface area contributed by atoms with E-state index in [9.17, 15) is 14.8 Å². The van der Waals surface area contributed by atoms with Crippen LogP contribution in [0, 0.1) is 23.7 Å². The first-order valence-corrected chi connectivity index (χ1v) is 11.6. The number of fused-ring (bicyclic) bond motifs is 1. The van der Waals surface area contributed by atoms with Crippen molar-refractivity contribution in [1.82, 2.24) is 24.5 Å². The van der Waals surface area contributed by atoms with Crippen molar-refractivity contribution < 1.29 is 13.9 Å². The predicted octanol–water partition coefficient (Wildman–Crippen LogP) is 2.46. The summed E-state index contributed by atoms with van der Waals surface area (Å²) in [6.45, 7) is 8.72. The Bertz CT molecular complexity index is 1350. The number of nitriles is 1. The van der Waals surface area contributed by atoms with Crippen LogP contribution in [-0.2, 0) is 0 Å². The third-order valence-electron chi connectivity index (χ3n) is 6.17. The summed E-state index contributed by atoms with van der Waals surface area (Å²) in [5.74, 6) is 0.117. The van der Waals surface area contributed by atoms with Gasteiger partial charge in [0.25, 0.3) is 17.4 Å². The van der Waals surface area contributed by atoms with E-state index in [4.69, 9.17) is 6.57 Å². The van der Waals surface area contributed by atoms with Gasteiger partial charge in [0.2, 0.25) is 0 Å². The zero-order valence-corrected chi connectivity index (χ0v) is 19.3. The average molecular weight is 495 g/mol. The van der Waals surface area contributed by atoms with Gasteiger partial charge in [0.15, 0.2) is 11.6 Å². The molecule has 2 aromatic heterocycles. The highest BCUT2D eigenvalue weighted by Crippen LogP contribution is 2.32.